The van der Waals surface area contributed by atoms with Gasteiger partial charge in [0, 0.05) is 12.3 Å². The Morgan fingerprint density at radius 2 is 1.94 bits per heavy atom. The van der Waals surface area contributed by atoms with Gasteiger partial charge < -0.3 is 0 Å². The van der Waals surface area contributed by atoms with E-state index < -0.39 is 0 Å². The van der Waals surface area contributed by atoms with Crippen molar-refractivity contribution in [1.82, 2.24) is 9.97 Å². The van der Waals surface area contributed by atoms with Gasteiger partial charge in [-0.1, -0.05) is 27.7 Å². The smallest absolute Gasteiger partial charge is 0.0912 e. The molecule has 1 rings (SSSR count). The molecule has 0 atom stereocenters. The van der Waals surface area contributed by atoms with Gasteiger partial charge in [-0.2, -0.15) is 5.26 Å². The maximum atomic E-state index is 8.55. The second-order valence-electron chi connectivity index (χ2n) is 4.34. The zero-order valence-electron chi connectivity index (χ0n) is 10.2. The molecule has 0 aliphatic carbocycles. The van der Waals surface area contributed by atoms with Crippen LogP contribution >= 0.6 is 0 Å². The molecule has 0 aromatic carbocycles. The average Bonchev–Trinajstić information content (AvgIpc) is 2.25. The highest BCUT2D eigenvalue weighted by Crippen LogP contribution is 2.19. The Labute approximate surface area is 96.9 Å². The molecule has 0 spiro atoms. The zero-order chi connectivity index (χ0) is 12.1. The number of nitriles is 1. The van der Waals surface area contributed by atoms with Crippen molar-refractivity contribution in [2.24, 2.45) is 0 Å². The number of rotatable bonds is 3. The van der Waals surface area contributed by atoms with Crippen molar-refractivity contribution in [1.29, 1.82) is 5.26 Å². The summed E-state index contributed by atoms with van der Waals surface area (Å²) in [6.07, 6.45) is 5.00. The van der Waals surface area contributed by atoms with Crippen molar-refractivity contribution in [2.75, 3.05) is 0 Å². The standard InChI is InChI=1S/C13H17N3/c1-9(2)12-8-15-13(10(3)4)11(16-12)6-5-7-14/h5-6,8-10H,1-4H3/b6-5-. The van der Waals surface area contributed by atoms with Crippen molar-refractivity contribution in [2.45, 2.75) is 39.5 Å². The molecular formula is C13H17N3. The molecule has 1 aromatic heterocycles. The Morgan fingerprint density at radius 1 is 1.25 bits per heavy atom. The number of hydrogen-bond donors (Lipinski definition) is 0. The summed E-state index contributed by atoms with van der Waals surface area (Å²) >= 11 is 0. The van der Waals surface area contributed by atoms with E-state index in [4.69, 9.17) is 5.26 Å². The van der Waals surface area contributed by atoms with E-state index in [0.29, 0.717) is 11.8 Å². The maximum Gasteiger partial charge on any atom is 0.0912 e. The third-order valence-electron chi connectivity index (χ3n) is 2.30. The van der Waals surface area contributed by atoms with Gasteiger partial charge in [0.05, 0.1) is 23.2 Å². The van der Waals surface area contributed by atoms with Crippen LogP contribution in [-0.4, -0.2) is 9.97 Å². The highest BCUT2D eigenvalue weighted by Gasteiger charge is 2.10. The Hall–Kier alpha value is -1.69. The minimum Gasteiger partial charge on any atom is -0.257 e. The summed E-state index contributed by atoms with van der Waals surface area (Å²) in [6.45, 7) is 8.30. The maximum absolute atomic E-state index is 8.55. The molecule has 1 heterocycles. The lowest BCUT2D eigenvalue weighted by Gasteiger charge is -2.11. The molecule has 0 aliphatic heterocycles. The molecule has 0 unspecified atom stereocenters. The Kier molecular flexibility index (Phi) is 4.19. The highest BCUT2D eigenvalue weighted by atomic mass is 14.8. The van der Waals surface area contributed by atoms with Crippen LogP contribution in [0.5, 0.6) is 0 Å². The van der Waals surface area contributed by atoms with Crippen LogP contribution in [0.15, 0.2) is 12.3 Å². The first-order chi connectivity index (χ1) is 7.56. The lowest BCUT2D eigenvalue weighted by Crippen LogP contribution is -2.03. The fourth-order valence-electron chi connectivity index (χ4n) is 1.39. The van der Waals surface area contributed by atoms with E-state index in [9.17, 15) is 0 Å². The Balaban J connectivity index is 3.22. The molecule has 0 bridgehead atoms. The van der Waals surface area contributed by atoms with Crippen LogP contribution in [0.2, 0.25) is 0 Å². The molecular weight excluding hydrogens is 198 g/mol. The van der Waals surface area contributed by atoms with Gasteiger partial charge in [-0.15, -0.1) is 0 Å². The lowest BCUT2D eigenvalue weighted by atomic mass is 10.1. The molecule has 0 fully saturated rings. The summed E-state index contributed by atoms with van der Waals surface area (Å²) in [4.78, 5) is 8.96. The molecule has 0 aliphatic rings. The predicted octanol–water partition coefficient (Wildman–Crippen LogP) is 3.26. The van der Waals surface area contributed by atoms with Gasteiger partial charge in [0.15, 0.2) is 0 Å². The molecule has 0 radical (unpaired) electrons. The number of hydrogen-bond acceptors (Lipinski definition) is 3. The van der Waals surface area contributed by atoms with Gasteiger partial charge >= 0.3 is 0 Å². The van der Waals surface area contributed by atoms with Crippen LogP contribution in [0, 0.1) is 11.3 Å². The summed E-state index contributed by atoms with van der Waals surface area (Å²) < 4.78 is 0. The van der Waals surface area contributed by atoms with E-state index in [0.717, 1.165) is 17.1 Å². The van der Waals surface area contributed by atoms with Crippen LogP contribution in [-0.2, 0) is 0 Å². The van der Waals surface area contributed by atoms with Gasteiger partial charge in [0.25, 0.3) is 0 Å². The van der Waals surface area contributed by atoms with E-state index in [2.05, 4.69) is 37.7 Å². The van der Waals surface area contributed by atoms with Gasteiger partial charge in [0.1, 0.15) is 0 Å². The summed E-state index contributed by atoms with van der Waals surface area (Å²) in [5, 5.41) is 8.55. The monoisotopic (exact) mass is 215 g/mol. The highest BCUT2D eigenvalue weighted by molar-refractivity contribution is 5.51. The largest absolute Gasteiger partial charge is 0.257 e. The first-order valence-corrected chi connectivity index (χ1v) is 5.49. The SMILES string of the molecule is CC(C)c1cnc(C(C)C)c(/C=C\C#N)n1. The Bertz CT molecular complexity index is 425. The van der Waals surface area contributed by atoms with Gasteiger partial charge in [-0.25, -0.2) is 4.98 Å². The van der Waals surface area contributed by atoms with E-state index in [1.807, 2.05) is 12.3 Å². The fraction of sp³-hybridized carbons (Fsp3) is 0.462. The van der Waals surface area contributed by atoms with Gasteiger partial charge in [-0.3, -0.25) is 4.98 Å². The van der Waals surface area contributed by atoms with Crippen LogP contribution in [0.1, 0.15) is 56.6 Å². The Morgan fingerprint density at radius 3 is 2.44 bits per heavy atom. The lowest BCUT2D eigenvalue weighted by molar-refractivity contribution is 0.763. The van der Waals surface area contributed by atoms with E-state index in [1.165, 1.54) is 6.08 Å². The second-order valence-corrected chi connectivity index (χ2v) is 4.34. The van der Waals surface area contributed by atoms with Crippen molar-refractivity contribution in [3.63, 3.8) is 0 Å². The molecule has 0 amide bonds. The van der Waals surface area contributed by atoms with E-state index >= 15 is 0 Å². The first-order valence-electron chi connectivity index (χ1n) is 5.49. The third kappa shape index (κ3) is 2.90. The van der Waals surface area contributed by atoms with Gasteiger partial charge in [-0.05, 0) is 17.9 Å². The van der Waals surface area contributed by atoms with E-state index in [-0.39, 0.29) is 0 Å². The predicted molar refractivity (Wildman–Crippen MR) is 64.9 cm³/mol. The number of aromatic nitrogens is 2. The van der Waals surface area contributed by atoms with E-state index in [1.54, 1.807) is 6.08 Å². The van der Waals surface area contributed by atoms with Crippen LogP contribution in [0.4, 0.5) is 0 Å². The molecule has 1 aromatic rings. The van der Waals surface area contributed by atoms with Crippen molar-refractivity contribution in [3.8, 4) is 6.07 Å². The third-order valence-corrected chi connectivity index (χ3v) is 2.30. The average molecular weight is 215 g/mol. The number of nitrogens with zero attached hydrogens (tertiary/aromatic N) is 3. The summed E-state index contributed by atoms with van der Waals surface area (Å²) in [5.74, 6) is 0.662. The fourth-order valence-corrected chi connectivity index (χ4v) is 1.39. The van der Waals surface area contributed by atoms with Crippen molar-refractivity contribution < 1.29 is 0 Å². The molecule has 3 heteroatoms. The first kappa shape index (κ1) is 12.4. The summed E-state index contributed by atoms with van der Waals surface area (Å²) in [6, 6.07) is 1.98. The molecule has 0 N–H and O–H groups in total. The van der Waals surface area contributed by atoms with Crippen LogP contribution < -0.4 is 0 Å². The molecule has 0 saturated heterocycles. The summed E-state index contributed by atoms with van der Waals surface area (Å²) in [7, 11) is 0. The molecule has 3 nitrogen and oxygen atoms in total. The molecule has 0 saturated carbocycles. The minimum atomic E-state index is 0.312. The van der Waals surface area contributed by atoms with Crippen LogP contribution in [0.25, 0.3) is 6.08 Å². The zero-order valence-corrected chi connectivity index (χ0v) is 10.2. The quantitative estimate of drug-likeness (QED) is 0.727. The van der Waals surface area contributed by atoms with Crippen LogP contribution in [0.3, 0.4) is 0 Å². The van der Waals surface area contributed by atoms with Crippen molar-refractivity contribution >= 4 is 6.08 Å². The minimum absolute atomic E-state index is 0.312. The number of allylic oxidation sites excluding steroid dienone is 1. The molecule has 16 heavy (non-hydrogen) atoms. The summed E-state index contributed by atoms with van der Waals surface area (Å²) in [5.41, 5.74) is 2.71. The topological polar surface area (TPSA) is 49.6 Å². The molecule has 84 valence electrons. The normalized spacial score (nSPS) is 11.3. The second kappa shape index (κ2) is 5.41. The van der Waals surface area contributed by atoms with Gasteiger partial charge in [0.2, 0.25) is 0 Å². The van der Waals surface area contributed by atoms with Crippen molar-refractivity contribution in [3.05, 3.63) is 29.4 Å².